The maximum Gasteiger partial charge on any atom is 0.295 e. The highest BCUT2D eigenvalue weighted by molar-refractivity contribution is 6.46. The van der Waals surface area contributed by atoms with Crippen LogP contribution >= 0.6 is 0 Å². The molecule has 3 aromatic carbocycles. The molecule has 32 heavy (non-hydrogen) atoms. The maximum absolute atomic E-state index is 13.2. The van der Waals surface area contributed by atoms with E-state index in [-0.39, 0.29) is 17.4 Å². The Morgan fingerprint density at radius 1 is 0.969 bits per heavy atom. The number of carbonyl (C=O) groups excluding carboxylic acids is 2. The van der Waals surface area contributed by atoms with Crippen LogP contribution in [0.1, 0.15) is 37.4 Å². The third-order valence-electron chi connectivity index (χ3n) is 5.69. The van der Waals surface area contributed by atoms with Gasteiger partial charge in [0.15, 0.2) is 0 Å². The molecule has 1 aliphatic heterocycles. The van der Waals surface area contributed by atoms with Crippen LogP contribution in [-0.2, 0) is 14.3 Å². The number of aliphatic hydroxyl groups is 1. The van der Waals surface area contributed by atoms with Gasteiger partial charge in [0.1, 0.15) is 5.76 Å². The van der Waals surface area contributed by atoms with Crippen molar-refractivity contribution < 1.29 is 19.4 Å². The van der Waals surface area contributed by atoms with Crippen LogP contribution < -0.4 is 0 Å². The van der Waals surface area contributed by atoms with Crippen molar-refractivity contribution in [1.82, 2.24) is 4.90 Å². The van der Waals surface area contributed by atoms with Crippen molar-refractivity contribution in [2.24, 2.45) is 0 Å². The predicted molar refractivity (Wildman–Crippen MR) is 125 cm³/mol. The average molecular weight is 430 g/mol. The van der Waals surface area contributed by atoms with E-state index in [4.69, 9.17) is 4.74 Å². The number of hydrogen-bond acceptors (Lipinski definition) is 4. The van der Waals surface area contributed by atoms with Crippen molar-refractivity contribution >= 4 is 28.2 Å². The summed E-state index contributed by atoms with van der Waals surface area (Å²) in [5.41, 5.74) is 1.46. The predicted octanol–water partition coefficient (Wildman–Crippen LogP) is 5.08. The molecule has 0 saturated carbocycles. The number of ketones is 1. The molecular formula is C27H27NO4. The Kier molecular flexibility index (Phi) is 6.37. The van der Waals surface area contributed by atoms with Crippen molar-refractivity contribution in [3.63, 3.8) is 0 Å². The van der Waals surface area contributed by atoms with E-state index in [1.807, 2.05) is 80.6 Å². The zero-order chi connectivity index (χ0) is 22.7. The molecular weight excluding hydrogens is 402 g/mol. The topological polar surface area (TPSA) is 66.8 Å². The molecule has 0 spiro atoms. The van der Waals surface area contributed by atoms with Gasteiger partial charge < -0.3 is 14.7 Å². The van der Waals surface area contributed by atoms with E-state index in [0.717, 1.165) is 16.3 Å². The van der Waals surface area contributed by atoms with Gasteiger partial charge in [-0.3, -0.25) is 9.59 Å². The van der Waals surface area contributed by atoms with E-state index >= 15 is 0 Å². The summed E-state index contributed by atoms with van der Waals surface area (Å²) in [5, 5.41) is 13.1. The molecule has 1 saturated heterocycles. The van der Waals surface area contributed by atoms with Crippen LogP contribution in [0.4, 0.5) is 0 Å². The lowest BCUT2D eigenvalue weighted by Gasteiger charge is -2.25. The highest BCUT2D eigenvalue weighted by Gasteiger charge is 2.45. The summed E-state index contributed by atoms with van der Waals surface area (Å²) in [6.07, 6.45) is 0.699. The fourth-order valence-corrected chi connectivity index (χ4v) is 4.22. The molecule has 0 radical (unpaired) electrons. The second-order valence-electron chi connectivity index (χ2n) is 8.20. The standard InChI is InChI=1S/C27H27NO4/c1-18(2)32-17-9-16-28-24(20-11-4-3-5-12-20)23(26(30)27(28)31)25(29)22-15-8-13-19-10-6-7-14-21(19)22/h3-8,10-15,18,24,29H,9,16-17H2,1-2H3/b25-23-. The van der Waals surface area contributed by atoms with E-state index in [0.29, 0.717) is 25.1 Å². The smallest absolute Gasteiger partial charge is 0.295 e. The molecule has 5 heteroatoms. The molecule has 1 amide bonds. The molecule has 0 aliphatic carbocycles. The van der Waals surface area contributed by atoms with E-state index in [1.54, 1.807) is 11.0 Å². The number of Topliss-reactive ketones (excluding diaryl/α,β-unsaturated/α-hetero) is 1. The number of fused-ring (bicyclic) bond motifs is 1. The molecule has 3 aromatic rings. The van der Waals surface area contributed by atoms with Gasteiger partial charge in [0, 0.05) is 18.7 Å². The molecule has 4 rings (SSSR count). The van der Waals surface area contributed by atoms with Crippen LogP contribution in [0.3, 0.4) is 0 Å². The summed E-state index contributed by atoms with van der Waals surface area (Å²) in [6.45, 7) is 4.77. The van der Waals surface area contributed by atoms with Crippen molar-refractivity contribution in [2.75, 3.05) is 13.2 Å². The quantitative estimate of drug-likeness (QED) is 0.246. The molecule has 1 N–H and O–H groups in total. The number of carbonyl (C=O) groups is 2. The Morgan fingerprint density at radius 2 is 1.66 bits per heavy atom. The first-order valence-electron chi connectivity index (χ1n) is 10.9. The van der Waals surface area contributed by atoms with E-state index < -0.39 is 17.7 Å². The summed E-state index contributed by atoms with van der Waals surface area (Å²) in [4.78, 5) is 27.7. The number of rotatable bonds is 7. The Morgan fingerprint density at radius 3 is 2.41 bits per heavy atom. The molecule has 1 heterocycles. The summed E-state index contributed by atoms with van der Waals surface area (Å²) in [7, 11) is 0. The van der Waals surface area contributed by atoms with E-state index in [1.165, 1.54) is 0 Å². The van der Waals surface area contributed by atoms with Crippen LogP contribution in [0.5, 0.6) is 0 Å². The van der Waals surface area contributed by atoms with Gasteiger partial charge in [-0.25, -0.2) is 0 Å². The van der Waals surface area contributed by atoms with Gasteiger partial charge in [-0.1, -0.05) is 72.8 Å². The van der Waals surface area contributed by atoms with Gasteiger partial charge in [0.2, 0.25) is 0 Å². The van der Waals surface area contributed by atoms with Gasteiger partial charge in [-0.05, 0) is 36.6 Å². The van der Waals surface area contributed by atoms with Crippen molar-refractivity contribution in [3.8, 4) is 0 Å². The minimum absolute atomic E-state index is 0.0988. The molecule has 1 fully saturated rings. The maximum atomic E-state index is 13.2. The fraction of sp³-hybridized carbons (Fsp3) is 0.259. The summed E-state index contributed by atoms with van der Waals surface area (Å²) in [5.74, 6) is -1.39. The van der Waals surface area contributed by atoms with Gasteiger partial charge >= 0.3 is 0 Å². The first-order valence-corrected chi connectivity index (χ1v) is 10.9. The van der Waals surface area contributed by atoms with Crippen molar-refractivity contribution in [2.45, 2.75) is 32.4 Å². The van der Waals surface area contributed by atoms with Gasteiger partial charge in [-0.15, -0.1) is 0 Å². The van der Waals surface area contributed by atoms with E-state index in [9.17, 15) is 14.7 Å². The highest BCUT2D eigenvalue weighted by atomic mass is 16.5. The SMILES string of the molecule is CC(C)OCCCN1C(=O)C(=O)/C(=C(\O)c2cccc3ccccc23)C1c1ccccc1. The Bertz CT molecular complexity index is 1160. The van der Waals surface area contributed by atoms with Crippen molar-refractivity contribution in [1.29, 1.82) is 0 Å². The number of nitrogens with zero attached hydrogens (tertiary/aromatic N) is 1. The minimum atomic E-state index is -0.658. The molecule has 1 unspecified atom stereocenters. The number of likely N-dealkylation sites (tertiary alicyclic amines) is 1. The third-order valence-corrected chi connectivity index (χ3v) is 5.69. The van der Waals surface area contributed by atoms with Crippen LogP contribution in [0, 0.1) is 0 Å². The van der Waals surface area contributed by atoms with Gasteiger partial charge in [0.05, 0.1) is 17.7 Å². The Balaban J connectivity index is 1.80. The van der Waals surface area contributed by atoms with Crippen molar-refractivity contribution in [3.05, 3.63) is 89.5 Å². The first-order chi connectivity index (χ1) is 15.5. The Labute approximate surface area is 187 Å². The van der Waals surface area contributed by atoms with Gasteiger partial charge in [0.25, 0.3) is 11.7 Å². The monoisotopic (exact) mass is 429 g/mol. The molecule has 164 valence electrons. The van der Waals surface area contributed by atoms with Gasteiger partial charge in [-0.2, -0.15) is 0 Å². The van der Waals surface area contributed by atoms with Crippen LogP contribution in [0.15, 0.2) is 78.4 Å². The molecule has 5 nitrogen and oxygen atoms in total. The summed E-state index contributed by atoms with van der Waals surface area (Å²) in [6, 6.07) is 22.0. The zero-order valence-electron chi connectivity index (χ0n) is 18.3. The summed E-state index contributed by atoms with van der Waals surface area (Å²) >= 11 is 0. The number of amides is 1. The third kappa shape index (κ3) is 4.16. The van der Waals surface area contributed by atoms with Crippen LogP contribution in [0.25, 0.3) is 16.5 Å². The minimum Gasteiger partial charge on any atom is -0.507 e. The second kappa shape index (κ2) is 9.37. The summed E-state index contributed by atoms with van der Waals surface area (Å²) < 4.78 is 5.61. The zero-order valence-corrected chi connectivity index (χ0v) is 18.3. The largest absolute Gasteiger partial charge is 0.507 e. The Hall–Kier alpha value is -3.44. The van der Waals surface area contributed by atoms with Crippen LogP contribution in [0.2, 0.25) is 0 Å². The number of aliphatic hydroxyl groups excluding tert-OH is 1. The number of benzene rings is 3. The lowest BCUT2D eigenvalue weighted by molar-refractivity contribution is -0.140. The highest BCUT2D eigenvalue weighted by Crippen LogP contribution is 2.40. The lowest BCUT2D eigenvalue weighted by atomic mass is 9.93. The van der Waals surface area contributed by atoms with E-state index in [2.05, 4.69) is 0 Å². The van der Waals surface area contributed by atoms with Crippen LogP contribution in [-0.4, -0.2) is 41.0 Å². The molecule has 1 atom stereocenters. The molecule has 0 bridgehead atoms. The number of hydrogen-bond donors (Lipinski definition) is 1. The first kappa shape index (κ1) is 21.8. The molecule has 0 aromatic heterocycles. The number of ether oxygens (including phenoxy) is 1. The second-order valence-corrected chi connectivity index (χ2v) is 8.20. The lowest BCUT2D eigenvalue weighted by Crippen LogP contribution is -2.31. The fourth-order valence-electron chi connectivity index (χ4n) is 4.22. The average Bonchev–Trinajstić information content (AvgIpc) is 3.06. The molecule has 1 aliphatic rings. The normalized spacial score (nSPS) is 18.1.